The van der Waals surface area contributed by atoms with Gasteiger partial charge in [0.15, 0.2) is 0 Å². The number of H-pyrrole nitrogens is 1. The molecule has 0 saturated heterocycles. The van der Waals surface area contributed by atoms with Gasteiger partial charge in [0, 0.05) is 30.2 Å². The summed E-state index contributed by atoms with van der Waals surface area (Å²) in [6.07, 6.45) is 3.77. The van der Waals surface area contributed by atoms with E-state index in [1.54, 1.807) is 12.1 Å². The molecule has 7 nitrogen and oxygen atoms in total. The molecule has 0 aliphatic heterocycles. The van der Waals surface area contributed by atoms with Crippen LogP contribution in [0.25, 0.3) is 10.9 Å². The second-order valence-electron chi connectivity index (χ2n) is 6.85. The Balaban J connectivity index is 1.37. The van der Waals surface area contributed by atoms with Gasteiger partial charge in [-0.25, -0.2) is 17.9 Å². The Morgan fingerprint density at radius 3 is 2.48 bits per heavy atom. The highest BCUT2D eigenvalue weighted by atomic mass is 32.2. The van der Waals surface area contributed by atoms with Crippen LogP contribution in [0, 0.1) is 0 Å². The molecule has 0 radical (unpaired) electrons. The number of para-hydroxylation sites is 1. The molecule has 4 N–H and O–H groups in total. The van der Waals surface area contributed by atoms with Crippen molar-refractivity contribution in [1.82, 2.24) is 20.3 Å². The predicted molar refractivity (Wildman–Crippen MR) is 115 cm³/mol. The third kappa shape index (κ3) is 6.07. The average Bonchev–Trinajstić information content (AvgIpc) is 3.14. The van der Waals surface area contributed by atoms with Gasteiger partial charge in [0.1, 0.15) is 0 Å². The molecule has 0 aliphatic carbocycles. The van der Waals surface area contributed by atoms with Crippen molar-refractivity contribution >= 4 is 27.0 Å². The number of aryl methyl sites for hydroxylation is 1. The van der Waals surface area contributed by atoms with E-state index in [0.29, 0.717) is 18.7 Å². The van der Waals surface area contributed by atoms with E-state index in [-0.39, 0.29) is 11.8 Å². The number of hydrogen-bond acceptors (Lipinski definition) is 3. The Bertz CT molecular complexity index is 1060. The SMILES string of the molecule is CNS(=O)(=O)Cc1ccc(CNC(=O)NCCCc2c[nH]c3ccccc23)cc1. The van der Waals surface area contributed by atoms with Gasteiger partial charge in [-0.15, -0.1) is 0 Å². The van der Waals surface area contributed by atoms with Crippen molar-refractivity contribution in [2.75, 3.05) is 13.6 Å². The molecule has 2 amide bonds. The number of amides is 2. The second-order valence-corrected chi connectivity index (χ2v) is 8.78. The standard InChI is InChI=1S/C21H26N4O3S/c1-22-29(27,28)15-17-10-8-16(9-11-17)13-25-21(26)23-12-4-5-18-14-24-20-7-3-2-6-19(18)20/h2-3,6-11,14,22,24H,4-5,12-13,15H2,1H3,(H2,23,25,26). The molecule has 0 unspecified atom stereocenters. The molecule has 0 aliphatic rings. The van der Waals surface area contributed by atoms with Gasteiger partial charge < -0.3 is 15.6 Å². The summed E-state index contributed by atoms with van der Waals surface area (Å²) in [5, 5.41) is 6.90. The maximum absolute atomic E-state index is 12.0. The number of aromatic amines is 1. The van der Waals surface area contributed by atoms with Gasteiger partial charge >= 0.3 is 6.03 Å². The maximum atomic E-state index is 12.0. The number of aromatic nitrogens is 1. The summed E-state index contributed by atoms with van der Waals surface area (Å²) < 4.78 is 25.4. The molecule has 0 saturated carbocycles. The molecule has 3 aromatic rings. The summed E-state index contributed by atoms with van der Waals surface area (Å²) in [5.41, 5.74) is 3.99. The number of nitrogens with one attached hydrogen (secondary N) is 4. The largest absolute Gasteiger partial charge is 0.361 e. The Kier molecular flexibility index (Phi) is 6.90. The quantitative estimate of drug-likeness (QED) is 0.405. The average molecular weight is 415 g/mol. The molecule has 1 heterocycles. The smallest absolute Gasteiger partial charge is 0.315 e. The van der Waals surface area contributed by atoms with Crippen molar-refractivity contribution in [1.29, 1.82) is 0 Å². The second kappa shape index (κ2) is 9.58. The van der Waals surface area contributed by atoms with E-state index >= 15 is 0 Å². The van der Waals surface area contributed by atoms with Crippen LogP contribution in [-0.4, -0.2) is 33.0 Å². The first-order valence-electron chi connectivity index (χ1n) is 9.52. The summed E-state index contributed by atoms with van der Waals surface area (Å²) in [6.45, 7) is 0.972. The minimum Gasteiger partial charge on any atom is -0.361 e. The molecule has 2 aromatic carbocycles. The van der Waals surface area contributed by atoms with Gasteiger partial charge in [0.25, 0.3) is 0 Å². The molecule has 0 bridgehead atoms. The minimum atomic E-state index is -3.28. The van der Waals surface area contributed by atoms with Crippen LogP contribution in [0.1, 0.15) is 23.1 Å². The van der Waals surface area contributed by atoms with Crippen LogP contribution in [0.5, 0.6) is 0 Å². The van der Waals surface area contributed by atoms with Gasteiger partial charge in [-0.1, -0.05) is 42.5 Å². The van der Waals surface area contributed by atoms with Gasteiger partial charge in [0.2, 0.25) is 10.0 Å². The fourth-order valence-electron chi connectivity index (χ4n) is 3.11. The van der Waals surface area contributed by atoms with Crippen LogP contribution in [-0.2, 0) is 28.7 Å². The monoisotopic (exact) mass is 414 g/mol. The number of urea groups is 1. The van der Waals surface area contributed by atoms with Gasteiger partial charge in [0.05, 0.1) is 5.75 Å². The molecule has 1 aromatic heterocycles. The molecule has 3 rings (SSSR count). The molecule has 0 spiro atoms. The number of benzene rings is 2. The van der Waals surface area contributed by atoms with E-state index < -0.39 is 10.0 Å². The topological polar surface area (TPSA) is 103 Å². The highest BCUT2D eigenvalue weighted by molar-refractivity contribution is 7.88. The maximum Gasteiger partial charge on any atom is 0.315 e. The lowest BCUT2D eigenvalue weighted by atomic mass is 10.1. The van der Waals surface area contributed by atoms with Crippen molar-refractivity contribution in [3.05, 3.63) is 71.4 Å². The summed E-state index contributed by atoms with van der Waals surface area (Å²) in [4.78, 5) is 15.2. The van der Waals surface area contributed by atoms with Crippen molar-refractivity contribution in [3.63, 3.8) is 0 Å². The number of fused-ring (bicyclic) bond motifs is 1. The number of hydrogen-bond donors (Lipinski definition) is 4. The summed E-state index contributed by atoms with van der Waals surface area (Å²) in [6, 6.07) is 15.1. The van der Waals surface area contributed by atoms with E-state index in [1.165, 1.54) is 18.0 Å². The molecule has 29 heavy (non-hydrogen) atoms. The zero-order chi connectivity index (χ0) is 20.7. The van der Waals surface area contributed by atoms with Crippen LogP contribution in [0.2, 0.25) is 0 Å². The number of carbonyl (C=O) groups is 1. The van der Waals surface area contributed by atoms with Crippen LogP contribution < -0.4 is 15.4 Å². The zero-order valence-corrected chi connectivity index (χ0v) is 17.2. The fourth-order valence-corrected chi connectivity index (χ4v) is 3.88. The summed E-state index contributed by atoms with van der Waals surface area (Å²) >= 11 is 0. The number of carbonyl (C=O) groups excluding carboxylic acids is 1. The third-order valence-electron chi connectivity index (χ3n) is 4.73. The Morgan fingerprint density at radius 1 is 1.00 bits per heavy atom. The Labute approximate surface area is 171 Å². The van der Waals surface area contributed by atoms with Crippen LogP contribution in [0.3, 0.4) is 0 Å². The molecule has 0 atom stereocenters. The zero-order valence-electron chi connectivity index (χ0n) is 16.4. The first-order chi connectivity index (χ1) is 14.0. The number of sulfonamides is 1. The van der Waals surface area contributed by atoms with E-state index in [9.17, 15) is 13.2 Å². The molecule has 0 fully saturated rings. The van der Waals surface area contributed by atoms with Crippen molar-refractivity contribution in [2.45, 2.75) is 25.1 Å². The highest BCUT2D eigenvalue weighted by Crippen LogP contribution is 2.18. The Morgan fingerprint density at radius 2 is 1.72 bits per heavy atom. The lowest BCUT2D eigenvalue weighted by Gasteiger charge is -2.08. The van der Waals surface area contributed by atoms with Gasteiger partial charge in [-0.2, -0.15) is 0 Å². The summed E-state index contributed by atoms with van der Waals surface area (Å²) in [7, 11) is -1.89. The van der Waals surface area contributed by atoms with Crippen molar-refractivity contribution < 1.29 is 13.2 Å². The van der Waals surface area contributed by atoms with Crippen LogP contribution in [0.4, 0.5) is 4.79 Å². The summed E-state index contributed by atoms with van der Waals surface area (Å²) in [5.74, 6) is -0.0614. The molecular formula is C21H26N4O3S. The number of rotatable bonds is 9. The van der Waals surface area contributed by atoms with E-state index in [2.05, 4.69) is 32.5 Å². The lowest BCUT2D eigenvalue weighted by molar-refractivity contribution is 0.240. The van der Waals surface area contributed by atoms with E-state index in [1.807, 2.05) is 30.5 Å². The van der Waals surface area contributed by atoms with Gasteiger partial charge in [-0.05, 0) is 42.6 Å². The van der Waals surface area contributed by atoms with E-state index in [0.717, 1.165) is 23.9 Å². The van der Waals surface area contributed by atoms with Crippen molar-refractivity contribution in [2.24, 2.45) is 0 Å². The molecule has 8 heteroatoms. The molecule has 154 valence electrons. The van der Waals surface area contributed by atoms with Crippen molar-refractivity contribution in [3.8, 4) is 0 Å². The fraction of sp³-hybridized carbons (Fsp3) is 0.286. The minimum absolute atomic E-state index is 0.0614. The lowest BCUT2D eigenvalue weighted by Crippen LogP contribution is -2.35. The normalized spacial score (nSPS) is 11.5. The highest BCUT2D eigenvalue weighted by Gasteiger charge is 2.08. The van der Waals surface area contributed by atoms with E-state index in [4.69, 9.17) is 0 Å². The predicted octanol–water partition coefficient (Wildman–Crippen LogP) is 2.65. The molecular weight excluding hydrogens is 388 g/mol. The van der Waals surface area contributed by atoms with Crippen LogP contribution >= 0.6 is 0 Å². The van der Waals surface area contributed by atoms with Gasteiger partial charge in [-0.3, -0.25) is 0 Å². The first kappa shape index (κ1) is 20.9. The first-order valence-corrected chi connectivity index (χ1v) is 11.2. The van der Waals surface area contributed by atoms with Crippen LogP contribution in [0.15, 0.2) is 54.7 Å². The Hall–Kier alpha value is -2.84. The third-order valence-corrected chi connectivity index (χ3v) is 6.06.